The first-order chi connectivity index (χ1) is 7.76. The van der Waals surface area contributed by atoms with Gasteiger partial charge in [0, 0.05) is 24.3 Å². The normalized spacial score (nSPS) is 13.2. The Labute approximate surface area is 97.1 Å². The predicted molar refractivity (Wildman–Crippen MR) is 69.3 cm³/mol. The third-order valence-corrected chi connectivity index (χ3v) is 3.30. The molecule has 2 rings (SSSR count). The van der Waals surface area contributed by atoms with Crippen LogP contribution in [0.4, 0.5) is 0 Å². The van der Waals surface area contributed by atoms with Gasteiger partial charge in [-0.1, -0.05) is 38.5 Å². The summed E-state index contributed by atoms with van der Waals surface area (Å²) in [6.07, 6.45) is 1.20. The van der Waals surface area contributed by atoms with Gasteiger partial charge in [-0.25, -0.2) is 0 Å². The first kappa shape index (κ1) is 11.2. The van der Waals surface area contributed by atoms with Crippen molar-refractivity contribution in [1.82, 2.24) is 4.57 Å². The molecule has 0 radical (unpaired) electrons. The molecule has 86 valence electrons. The summed E-state index contributed by atoms with van der Waals surface area (Å²) in [6, 6.07) is 10.7. The van der Waals surface area contributed by atoms with Gasteiger partial charge in [0.2, 0.25) is 0 Å². The highest BCUT2D eigenvalue weighted by atomic mass is 15.0. The first-order valence-corrected chi connectivity index (χ1v) is 6.03. The van der Waals surface area contributed by atoms with Crippen LogP contribution in [0.2, 0.25) is 0 Å². The van der Waals surface area contributed by atoms with Gasteiger partial charge < -0.3 is 10.3 Å². The van der Waals surface area contributed by atoms with Crippen LogP contribution in [0.5, 0.6) is 0 Å². The number of benzene rings is 1. The second-order valence-electron chi connectivity index (χ2n) is 4.52. The van der Waals surface area contributed by atoms with Crippen LogP contribution in [0, 0.1) is 5.92 Å². The van der Waals surface area contributed by atoms with Crippen molar-refractivity contribution in [3.63, 3.8) is 0 Å². The molecule has 0 amide bonds. The molecule has 0 fully saturated rings. The molecule has 16 heavy (non-hydrogen) atoms. The lowest BCUT2D eigenvalue weighted by Gasteiger charge is -2.14. The summed E-state index contributed by atoms with van der Waals surface area (Å²) in [6.45, 7) is 6.20. The number of fused-ring (bicyclic) bond motifs is 1. The summed E-state index contributed by atoms with van der Waals surface area (Å²) in [5.41, 5.74) is 8.36. The first-order valence-electron chi connectivity index (χ1n) is 6.03. The minimum Gasteiger partial charge on any atom is -0.343 e. The number of hydrogen-bond acceptors (Lipinski definition) is 1. The Morgan fingerprint density at radius 1 is 1.31 bits per heavy atom. The number of aromatic nitrogens is 1. The molecule has 2 heteroatoms. The van der Waals surface area contributed by atoms with Gasteiger partial charge in [0.1, 0.15) is 0 Å². The van der Waals surface area contributed by atoms with Crippen molar-refractivity contribution in [2.45, 2.75) is 33.4 Å². The Morgan fingerprint density at radius 2 is 2.06 bits per heavy atom. The van der Waals surface area contributed by atoms with E-state index in [1.807, 2.05) is 0 Å². The summed E-state index contributed by atoms with van der Waals surface area (Å²) in [7, 11) is 0. The van der Waals surface area contributed by atoms with E-state index < -0.39 is 0 Å². The molecule has 0 saturated heterocycles. The predicted octanol–water partition coefficient (Wildman–Crippen LogP) is 3.15. The molecular weight excluding hydrogens is 196 g/mol. The van der Waals surface area contributed by atoms with Gasteiger partial charge in [-0.15, -0.1) is 0 Å². The summed E-state index contributed by atoms with van der Waals surface area (Å²) >= 11 is 0. The molecule has 1 aromatic carbocycles. The van der Waals surface area contributed by atoms with Crippen LogP contribution in [0.15, 0.2) is 30.3 Å². The second-order valence-corrected chi connectivity index (χ2v) is 4.52. The highest BCUT2D eigenvalue weighted by molar-refractivity contribution is 5.81. The molecule has 0 spiro atoms. The van der Waals surface area contributed by atoms with Crippen molar-refractivity contribution in [2.75, 3.05) is 0 Å². The van der Waals surface area contributed by atoms with E-state index in [1.165, 1.54) is 23.0 Å². The molecule has 1 atom stereocenters. The van der Waals surface area contributed by atoms with E-state index in [0.717, 1.165) is 6.54 Å². The highest BCUT2D eigenvalue weighted by Crippen LogP contribution is 2.21. The fraction of sp³-hybridized carbons (Fsp3) is 0.429. The summed E-state index contributed by atoms with van der Waals surface area (Å²) in [5, 5.41) is 1.30. The summed E-state index contributed by atoms with van der Waals surface area (Å²) in [4.78, 5) is 0. The van der Waals surface area contributed by atoms with Crippen molar-refractivity contribution in [2.24, 2.45) is 11.7 Å². The quantitative estimate of drug-likeness (QED) is 0.836. The van der Waals surface area contributed by atoms with Crippen LogP contribution in [0.1, 0.15) is 26.0 Å². The van der Waals surface area contributed by atoms with E-state index >= 15 is 0 Å². The van der Waals surface area contributed by atoms with Crippen LogP contribution < -0.4 is 5.73 Å². The van der Waals surface area contributed by atoms with Gasteiger partial charge in [-0.3, -0.25) is 0 Å². The van der Waals surface area contributed by atoms with Gasteiger partial charge in [0.25, 0.3) is 0 Å². The van der Waals surface area contributed by atoms with Crippen LogP contribution in [-0.2, 0) is 13.1 Å². The number of hydrogen-bond donors (Lipinski definition) is 1. The largest absolute Gasteiger partial charge is 0.343 e. The van der Waals surface area contributed by atoms with Crippen LogP contribution in [0.25, 0.3) is 10.9 Å². The topological polar surface area (TPSA) is 30.9 Å². The lowest BCUT2D eigenvalue weighted by molar-refractivity contribution is 0.469. The maximum atomic E-state index is 5.81. The molecule has 2 nitrogen and oxygen atoms in total. The molecule has 0 bridgehead atoms. The zero-order valence-electron chi connectivity index (χ0n) is 10.1. The van der Waals surface area contributed by atoms with E-state index in [0.29, 0.717) is 12.5 Å². The minimum atomic E-state index is 0.616. The monoisotopic (exact) mass is 216 g/mol. The lowest BCUT2D eigenvalue weighted by atomic mass is 10.1. The van der Waals surface area contributed by atoms with E-state index in [-0.39, 0.29) is 0 Å². The van der Waals surface area contributed by atoms with Crippen LogP contribution >= 0.6 is 0 Å². The van der Waals surface area contributed by atoms with Crippen molar-refractivity contribution < 1.29 is 0 Å². The fourth-order valence-corrected chi connectivity index (χ4v) is 2.09. The smallest absolute Gasteiger partial charge is 0.0483 e. The number of nitrogens with zero attached hydrogens (tertiary/aromatic N) is 1. The zero-order valence-corrected chi connectivity index (χ0v) is 10.1. The number of para-hydroxylation sites is 1. The number of rotatable bonds is 4. The third-order valence-electron chi connectivity index (χ3n) is 3.30. The Bertz CT molecular complexity index is 471. The Kier molecular flexibility index (Phi) is 3.30. The molecule has 1 heterocycles. The molecule has 0 saturated carbocycles. The summed E-state index contributed by atoms with van der Waals surface area (Å²) in [5.74, 6) is 0.695. The average molecular weight is 216 g/mol. The standard InChI is InChI=1S/C14H20N2/c1-3-11(2)10-16-13(9-15)8-12-6-4-5-7-14(12)16/h4-8,11H,3,9-10,15H2,1-2H3. The molecule has 0 aliphatic rings. The Hall–Kier alpha value is -1.28. The fourth-order valence-electron chi connectivity index (χ4n) is 2.09. The molecule has 2 N–H and O–H groups in total. The Morgan fingerprint density at radius 3 is 2.75 bits per heavy atom. The second kappa shape index (κ2) is 4.71. The van der Waals surface area contributed by atoms with Crippen molar-refractivity contribution in [3.05, 3.63) is 36.0 Å². The Balaban J connectivity index is 2.47. The van der Waals surface area contributed by atoms with Gasteiger partial charge in [-0.05, 0) is 23.4 Å². The van der Waals surface area contributed by atoms with Gasteiger partial charge in [0.15, 0.2) is 0 Å². The van der Waals surface area contributed by atoms with Gasteiger partial charge in [0.05, 0.1) is 0 Å². The van der Waals surface area contributed by atoms with Crippen molar-refractivity contribution in [1.29, 1.82) is 0 Å². The van der Waals surface area contributed by atoms with Gasteiger partial charge in [-0.2, -0.15) is 0 Å². The van der Waals surface area contributed by atoms with Gasteiger partial charge >= 0.3 is 0 Å². The van der Waals surface area contributed by atoms with E-state index in [2.05, 4.69) is 48.7 Å². The van der Waals surface area contributed by atoms with Crippen LogP contribution in [-0.4, -0.2) is 4.57 Å². The molecule has 1 unspecified atom stereocenters. The zero-order chi connectivity index (χ0) is 11.5. The third kappa shape index (κ3) is 1.98. The lowest BCUT2D eigenvalue weighted by Crippen LogP contribution is -2.12. The van der Waals surface area contributed by atoms with Crippen molar-refractivity contribution >= 4 is 10.9 Å². The molecule has 1 aromatic heterocycles. The minimum absolute atomic E-state index is 0.616. The maximum absolute atomic E-state index is 5.81. The average Bonchev–Trinajstić information content (AvgIpc) is 2.67. The van der Waals surface area contributed by atoms with E-state index in [4.69, 9.17) is 5.73 Å². The number of nitrogens with two attached hydrogens (primary N) is 1. The SMILES string of the molecule is CCC(C)Cn1c(CN)cc2ccccc21. The molecular formula is C14H20N2. The van der Waals surface area contributed by atoms with Crippen LogP contribution in [0.3, 0.4) is 0 Å². The van der Waals surface area contributed by atoms with E-state index in [9.17, 15) is 0 Å². The van der Waals surface area contributed by atoms with E-state index in [1.54, 1.807) is 0 Å². The highest BCUT2D eigenvalue weighted by Gasteiger charge is 2.09. The molecule has 0 aliphatic heterocycles. The van der Waals surface area contributed by atoms with Crippen molar-refractivity contribution in [3.8, 4) is 0 Å². The maximum Gasteiger partial charge on any atom is 0.0483 e. The molecule has 2 aromatic rings. The summed E-state index contributed by atoms with van der Waals surface area (Å²) < 4.78 is 2.36. The molecule has 0 aliphatic carbocycles.